The molecule has 1 aromatic carbocycles. The van der Waals surface area contributed by atoms with E-state index in [1.54, 1.807) is 0 Å². The van der Waals surface area contributed by atoms with E-state index in [9.17, 15) is 13.2 Å². The molecule has 1 aromatic rings. The van der Waals surface area contributed by atoms with Gasteiger partial charge in [0.1, 0.15) is 0 Å². The Labute approximate surface area is 113 Å². The van der Waals surface area contributed by atoms with E-state index in [4.69, 9.17) is 5.11 Å². The largest absolute Gasteiger partial charge is 0.416 e. The number of aliphatic hydroxyl groups excluding tert-OH is 1. The van der Waals surface area contributed by atoms with Crippen LogP contribution in [0, 0.1) is 0 Å². The van der Waals surface area contributed by atoms with Crippen molar-refractivity contribution in [1.29, 1.82) is 0 Å². The van der Waals surface area contributed by atoms with Crippen molar-refractivity contribution in [2.45, 2.75) is 26.1 Å². The predicted octanol–water partition coefficient (Wildman–Crippen LogP) is 3.68. The first kappa shape index (κ1) is 15.3. The molecule has 1 N–H and O–H groups in total. The van der Waals surface area contributed by atoms with Gasteiger partial charge >= 0.3 is 6.18 Å². The average Bonchev–Trinajstić information content (AvgIpc) is 2.24. The van der Waals surface area contributed by atoms with E-state index < -0.39 is 11.7 Å². The number of benzene rings is 1. The van der Waals surface area contributed by atoms with Crippen LogP contribution in [0.5, 0.6) is 0 Å². The molecule has 6 heteroatoms. The van der Waals surface area contributed by atoms with E-state index in [1.807, 2.05) is 18.7 Å². The van der Waals surface area contributed by atoms with E-state index in [-0.39, 0.29) is 12.6 Å². The van der Waals surface area contributed by atoms with Gasteiger partial charge in [0.2, 0.25) is 0 Å². The molecular weight excluding hydrogens is 311 g/mol. The zero-order valence-electron chi connectivity index (χ0n) is 10.1. The molecule has 18 heavy (non-hydrogen) atoms. The summed E-state index contributed by atoms with van der Waals surface area (Å²) in [5.74, 6) is 0. The standard InChI is InChI=1S/C12H15BrF3NO/c1-8(2)17(5-6-18)11-4-3-9(7-10(11)13)12(14,15)16/h3-4,7-8,18H,5-6H2,1-2H3. The first-order chi connectivity index (χ1) is 8.27. The van der Waals surface area contributed by atoms with Crippen molar-refractivity contribution in [2.24, 2.45) is 0 Å². The Morgan fingerprint density at radius 3 is 2.33 bits per heavy atom. The van der Waals surface area contributed by atoms with Crippen LogP contribution >= 0.6 is 15.9 Å². The third-order valence-electron chi connectivity index (χ3n) is 2.55. The lowest BCUT2D eigenvalue weighted by Gasteiger charge is -2.29. The maximum Gasteiger partial charge on any atom is 0.416 e. The van der Waals surface area contributed by atoms with Gasteiger partial charge in [0, 0.05) is 17.1 Å². The lowest BCUT2D eigenvalue weighted by molar-refractivity contribution is -0.137. The number of rotatable bonds is 4. The van der Waals surface area contributed by atoms with E-state index in [2.05, 4.69) is 15.9 Å². The van der Waals surface area contributed by atoms with Gasteiger partial charge < -0.3 is 10.0 Å². The lowest BCUT2D eigenvalue weighted by Crippen LogP contribution is -2.33. The number of anilines is 1. The summed E-state index contributed by atoms with van der Waals surface area (Å²) in [5.41, 5.74) is -0.0436. The van der Waals surface area contributed by atoms with Gasteiger partial charge in [0.05, 0.1) is 17.9 Å². The molecule has 0 aliphatic carbocycles. The molecule has 0 aliphatic heterocycles. The summed E-state index contributed by atoms with van der Waals surface area (Å²) < 4.78 is 38.0. The summed E-state index contributed by atoms with van der Waals surface area (Å²) in [7, 11) is 0. The summed E-state index contributed by atoms with van der Waals surface area (Å²) in [6, 6.07) is 3.61. The third kappa shape index (κ3) is 3.62. The Balaban J connectivity index is 3.11. The van der Waals surface area contributed by atoms with Crippen molar-refractivity contribution in [1.82, 2.24) is 0 Å². The summed E-state index contributed by atoms with van der Waals surface area (Å²) in [4.78, 5) is 1.84. The van der Waals surface area contributed by atoms with Gasteiger partial charge in [-0.05, 0) is 48.0 Å². The molecule has 0 amide bonds. The second kappa shape index (κ2) is 5.93. The maximum atomic E-state index is 12.5. The normalized spacial score (nSPS) is 12.0. The van der Waals surface area contributed by atoms with Gasteiger partial charge in [0.25, 0.3) is 0 Å². The molecule has 0 radical (unpaired) electrons. The van der Waals surface area contributed by atoms with Crippen LogP contribution in [0.4, 0.5) is 18.9 Å². The Bertz CT molecular complexity index is 407. The van der Waals surface area contributed by atoms with Crippen LogP contribution < -0.4 is 4.90 Å². The topological polar surface area (TPSA) is 23.5 Å². The van der Waals surface area contributed by atoms with Crippen LogP contribution in [0.2, 0.25) is 0 Å². The van der Waals surface area contributed by atoms with Gasteiger partial charge in [-0.2, -0.15) is 13.2 Å². The molecule has 0 spiro atoms. The fraction of sp³-hybridized carbons (Fsp3) is 0.500. The van der Waals surface area contributed by atoms with Gasteiger partial charge in [-0.3, -0.25) is 0 Å². The maximum absolute atomic E-state index is 12.5. The Morgan fingerprint density at radius 2 is 1.94 bits per heavy atom. The van der Waals surface area contributed by atoms with Crippen molar-refractivity contribution in [2.75, 3.05) is 18.1 Å². The first-order valence-electron chi connectivity index (χ1n) is 5.51. The Morgan fingerprint density at radius 1 is 1.33 bits per heavy atom. The molecule has 0 saturated heterocycles. The molecule has 0 bridgehead atoms. The highest BCUT2D eigenvalue weighted by Crippen LogP contribution is 2.35. The molecule has 0 atom stereocenters. The predicted molar refractivity (Wildman–Crippen MR) is 68.7 cm³/mol. The van der Waals surface area contributed by atoms with E-state index in [1.165, 1.54) is 6.07 Å². The molecule has 0 heterocycles. The summed E-state index contributed by atoms with van der Waals surface area (Å²) >= 11 is 3.16. The van der Waals surface area contributed by atoms with Crippen molar-refractivity contribution < 1.29 is 18.3 Å². The molecule has 0 aromatic heterocycles. The molecular formula is C12H15BrF3NO. The number of aliphatic hydroxyl groups is 1. The van der Waals surface area contributed by atoms with Gasteiger partial charge in [0.15, 0.2) is 0 Å². The minimum Gasteiger partial charge on any atom is -0.395 e. The Hall–Kier alpha value is -0.750. The fourth-order valence-corrected chi connectivity index (χ4v) is 2.29. The lowest BCUT2D eigenvalue weighted by atomic mass is 10.1. The minimum atomic E-state index is -4.35. The fourth-order valence-electron chi connectivity index (χ4n) is 1.68. The van der Waals surface area contributed by atoms with Crippen LogP contribution in [0.3, 0.4) is 0 Å². The number of halogens is 4. The van der Waals surface area contributed by atoms with Crippen molar-refractivity contribution in [3.8, 4) is 0 Å². The van der Waals surface area contributed by atoms with Gasteiger partial charge in [-0.25, -0.2) is 0 Å². The van der Waals surface area contributed by atoms with Crippen molar-refractivity contribution >= 4 is 21.6 Å². The molecule has 0 aliphatic rings. The second-order valence-electron chi connectivity index (χ2n) is 4.17. The van der Waals surface area contributed by atoms with Gasteiger partial charge in [-0.15, -0.1) is 0 Å². The number of hydrogen-bond donors (Lipinski definition) is 1. The van der Waals surface area contributed by atoms with E-state index >= 15 is 0 Å². The van der Waals surface area contributed by atoms with Crippen LogP contribution in [-0.4, -0.2) is 24.3 Å². The van der Waals surface area contributed by atoms with Gasteiger partial charge in [-0.1, -0.05) is 0 Å². The Kier molecular flexibility index (Phi) is 5.04. The number of alkyl halides is 3. The molecule has 0 fully saturated rings. The van der Waals surface area contributed by atoms with E-state index in [0.29, 0.717) is 16.7 Å². The van der Waals surface area contributed by atoms with Crippen molar-refractivity contribution in [3.63, 3.8) is 0 Å². The molecule has 1 rings (SSSR count). The van der Waals surface area contributed by atoms with Crippen LogP contribution in [0.15, 0.2) is 22.7 Å². The second-order valence-corrected chi connectivity index (χ2v) is 5.03. The molecule has 0 unspecified atom stereocenters. The van der Waals surface area contributed by atoms with Crippen LogP contribution in [0.1, 0.15) is 19.4 Å². The monoisotopic (exact) mass is 325 g/mol. The summed E-state index contributed by atoms with van der Waals surface area (Å²) in [6.07, 6.45) is -4.35. The summed E-state index contributed by atoms with van der Waals surface area (Å²) in [6.45, 7) is 4.16. The first-order valence-corrected chi connectivity index (χ1v) is 6.31. The van der Waals surface area contributed by atoms with E-state index in [0.717, 1.165) is 12.1 Å². The highest BCUT2D eigenvalue weighted by molar-refractivity contribution is 9.10. The summed E-state index contributed by atoms with van der Waals surface area (Å²) in [5, 5.41) is 8.98. The quantitative estimate of drug-likeness (QED) is 0.912. The SMILES string of the molecule is CC(C)N(CCO)c1ccc(C(F)(F)F)cc1Br. The molecule has 0 saturated carbocycles. The van der Waals surface area contributed by atoms with Crippen LogP contribution in [0.25, 0.3) is 0 Å². The smallest absolute Gasteiger partial charge is 0.395 e. The molecule has 2 nitrogen and oxygen atoms in total. The number of hydrogen-bond acceptors (Lipinski definition) is 2. The minimum absolute atomic E-state index is 0.0500. The number of nitrogens with zero attached hydrogens (tertiary/aromatic N) is 1. The zero-order valence-corrected chi connectivity index (χ0v) is 11.7. The van der Waals surface area contributed by atoms with Crippen LogP contribution in [-0.2, 0) is 6.18 Å². The zero-order chi connectivity index (χ0) is 13.9. The third-order valence-corrected chi connectivity index (χ3v) is 3.18. The average molecular weight is 326 g/mol. The highest BCUT2D eigenvalue weighted by atomic mass is 79.9. The molecule has 102 valence electrons. The highest BCUT2D eigenvalue weighted by Gasteiger charge is 2.31. The van der Waals surface area contributed by atoms with Crippen molar-refractivity contribution in [3.05, 3.63) is 28.2 Å².